The number of alkyl halides is 3. The normalized spacial score (nSPS) is 18.0. The fraction of sp³-hybridized carbons (Fsp3) is 0.333. The Hall–Kier alpha value is -4.03. The molecule has 0 radical (unpaired) electrons. The molecular formula is C33H29ClF4N4O3S. The lowest BCUT2D eigenvalue weighted by Crippen LogP contribution is -2.36. The molecule has 2 unspecified atom stereocenters. The number of rotatable bonds is 4. The second-order valence-corrected chi connectivity index (χ2v) is 14.2. The van der Waals surface area contributed by atoms with Crippen molar-refractivity contribution in [1.82, 2.24) is 19.4 Å². The molecule has 3 aromatic heterocycles. The summed E-state index contributed by atoms with van der Waals surface area (Å²) in [5, 5.41) is 0.913. The van der Waals surface area contributed by atoms with E-state index in [9.17, 15) is 18.0 Å². The number of hydrogen-bond donors (Lipinski definition) is 1. The summed E-state index contributed by atoms with van der Waals surface area (Å²) in [6.45, 7) is 6.07. The molecule has 2 aromatic carbocycles. The van der Waals surface area contributed by atoms with Gasteiger partial charge in [0.25, 0.3) is 0 Å². The number of amides is 1. The SMILES string of the molecule is CC(C)(C)OC(=O)N1CCCC1c1ncc(-c2ccc3c(c2)cc2n3C(c3ccc(CC(F)(F)F)s3)Oc3cc(Cl)cc(F)c3-2)[nH]1. The Balaban J connectivity index is 1.26. The van der Waals surface area contributed by atoms with Crippen LogP contribution in [0.25, 0.3) is 33.4 Å². The maximum Gasteiger partial charge on any atom is 0.410 e. The first kappa shape index (κ1) is 30.6. The summed E-state index contributed by atoms with van der Waals surface area (Å²) in [6.07, 6.45) is -3.32. The highest BCUT2D eigenvalue weighted by atomic mass is 35.5. The summed E-state index contributed by atoms with van der Waals surface area (Å²) in [6, 6.07) is 13.1. The van der Waals surface area contributed by atoms with E-state index in [2.05, 4.69) is 9.97 Å². The molecule has 2 aliphatic heterocycles. The van der Waals surface area contributed by atoms with E-state index in [1.54, 1.807) is 21.7 Å². The number of aromatic nitrogens is 3. The van der Waals surface area contributed by atoms with Gasteiger partial charge in [-0.25, -0.2) is 14.2 Å². The molecule has 5 heterocycles. The Morgan fingerprint density at radius 1 is 1.15 bits per heavy atom. The number of thiophene rings is 1. The van der Waals surface area contributed by atoms with Crippen LogP contribution in [0.2, 0.25) is 5.02 Å². The lowest BCUT2D eigenvalue weighted by molar-refractivity contribution is -0.126. The number of carbonyl (C=O) groups excluding carboxylic acids is 1. The Kier molecular flexibility index (Phi) is 7.35. The zero-order valence-corrected chi connectivity index (χ0v) is 26.6. The van der Waals surface area contributed by atoms with Crippen LogP contribution in [0, 0.1) is 5.82 Å². The number of nitrogens with one attached hydrogen (secondary N) is 1. The average molecular weight is 673 g/mol. The number of H-pyrrole nitrogens is 1. The van der Waals surface area contributed by atoms with Crippen molar-refractivity contribution in [3.8, 4) is 28.3 Å². The third-order valence-corrected chi connectivity index (χ3v) is 9.32. The van der Waals surface area contributed by atoms with Crippen molar-refractivity contribution >= 4 is 39.9 Å². The summed E-state index contributed by atoms with van der Waals surface area (Å²) >= 11 is 7.16. The minimum atomic E-state index is -4.35. The molecule has 0 spiro atoms. The minimum Gasteiger partial charge on any atom is -0.464 e. The largest absolute Gasteiger partial charge is 0.464 e. The highest BCUT2D eigenvalue weighted by Crippen LogP contribution is 2.48. The van der Waals surface area contributed by atoms with Crippen LogP contribution in [0.1, 0.15) is 61.5 Å². The van der Waals surface area contributed by atoms with Crippen LogP contribution < -0.4 is 4.74 Å². The molecule has 1 saturated heterocycles. The van der Waals surface area contributed by atoms with Gasteiger partial charge in [0.05, 0.1) is 46.0 Å². The van der Waals surface area contributed by atoms with Crippen molar-refractivity contribution < 1.29 is 31.8 Å². The molecule has 0 bridgehead atoms. The maximum absolute atomic E-state index is 15.4. The smallest absolute Gasteiger partial charge is 0.410 e. The molecule has 2 atom stereocenters. The lowest BCUT2D eigenvalue weighted by atomic mass is 10.1. The van der Waals surface area contributed by atoms with Gasteiger partial charge in [-0.2, -0.15) is 13.2 Å². The van der Waals surface area contributed by atoms with E-state index >= 15 is 4.39 Å². The second kappa shape index (κ2) is 11.0. The number of imidazole rings is 1. The van der Waals surface area contributed by atoms with Crippen molar-refractivity contribution in [3.63, 3.8) is 0 Å². The van der Waals surface area contributed by atoms with Gasteiger partial charge in [-0.3, -0.25) is 9.47 Å². The topological polar surface area (TPSA) is 72.4 Å². The summed E-state index contributed by atoms with van der Waals surface area (Å²) < 4.78 is 68.5. The summed E-state index contributed by atoms with van der Waals surface area (Å²) in [5.41, 5.74) is 2.38. The van der Waals surface area contributed by atoms with Crippen LogP contribution in [0.3, 0.4) is 0 Å². The molecule has 13 heteroatoms. The number of nitrogens with zero attached hydrogens (tertiary/aromatic N) is 3. The van der Waals surface area contributed by atoms with Gasteiger partial charge >= 0.3 is 12.3 Å². The van der Waals surface area contributed by atoms with Crippen LogP contribution >= 0.6 is 22.9 Å². The first-order chi connectivity index (χ1) is 21.7. The van der Waals surface area contributed by atoms with Crippen LogP contribution in [0.5, 0.6) is 5.75 Å². The van der Waals surface area contributed by atoms with E-state index in [0.29, 0.717) is 28.5 Å². The van der Waals surface area contributed by atoms with E-state index in [1.165, 1.54) is 18.2 Å². The van der Waals surface area contributed by atoms with Crippen molar-refractivity contribution in [2.75, 3.05) is 6.54 Å². The van der Waals surface area contributed by atoms with E-state index in [4.69, 9.17) is 21.1 Å². The van der Waals surface area contributed by atoms with Gasteiger partial charge in [-0.1, -0.05) is 17.7 Å². The Morgan fingerprint density at radius 3 is 2.72 bits per heavy atom. The predicted molar refractivity (Wildman–Crippen MR) is 168 cm³/mol. The van der Waals surface area contributed by atoms with Gasteiger partial charge in [-0.05, 0) is 76.1 Å². The van der Waals surface area contributed by atoms with Gasteiger partial charge in [0.2, 0.25) is 6.23 Å². The highest BCUT2D eigenvalue weighted by Gasteiger charge is 2.36. The van der Waals surface area contributed by atoms with Crippen LogP contribution in [-0.4, -0.2) is 43.9 Å². The lowest BCUT2D eigenvalue weighted by Gasteiger charge is -2.29. The average Bonchev–Trinajstić information content (AvgIpc) is 3.75. The molecule has 7 nitrogen and oxygen atoms in total. The Morgan fingerprint density at radius 2 is 1.96 bits per heavy atom. The molecular weight excluding hydrogens is 644 g/mol. The number of hydrogen-bond acceptors (Lipinski definition) is 5. The second-order valence-electron chi connectivity index (χ2n) is 12.5. The molecule has 2 aliphatic rings. The van der Waals surface area contributed by atoms with Crippen molar-refractivity contribution in [2.45, 2.75) is 64.1 Å². The van der Waals surface area contributed by atoms with Crippen molar-refractivity contribution in [2.24, 2.45) is 0 Å². The number of fused-ring (bicyclic) bond motifs is 5. The summed E-state index contributed by atoms with van der Waals surface area (Å²) in [5.74, 6) is 0.294. The fourth-order valence-electron chi connectivity index (χ4n) is 6.16. The molecule has 0 aliphatic carbocycles. The Bertz CT molecular complexity index is 1980. The summed E-state index contributed by atoms with van der Waals surface area (Å²) in [4.78, 5) is 23.2. The van der Waals surface area contributed by atoms with Gasteiger partial charge < -0.3 is 14.5 Å². The molecule has 5 aromatic rings. The van der Waals surface area contributed by atoms with Crippen LogP contribution in [0.15, 0.2) is 54.7 Å². The first-order valence-electron chi connectivity index (χ1n) is 14.8. The minimum absolute atomic E-state index is 0.147. The zero-order valence-electron chi connectivity index (χ0n) is 25.0. The van der Waals surface area contributed by atoms with Crippen molar-refractivity contribution in [1.29, 1.82) is 0 Å². The highest BCUT2D eigenvalue weighted by molar-refractivity contribution is 7.12. The fourth-order valence-corrected chi connectivity index (χ4v) is 7.42. The third-order valence-electron chi connectivity index (χ3n) is 7.99. The van der Waals surface area contributed by atoms with Crippen LogP contribution in [-0.2, 0) is 11.2 Å². The summed E-state index contributed by atoms with van der Waals surface area (Å²) in [7, 11) is 0. The van der Waals surface area contributed by atoms with Gasteiger partial charge in [-0.15, -0.1) is 11.3 Å². The molecule has 1 amide bonds. The number of halogens is 5. The van der Waals surface area contributed by atoms with Crippen LogP contribution in [0.4, 0.5) is 22.4 Å². The molecule has 240 valence electrons. The van der Waals surface area contributed by atoms with E-state index in [0.717, 1.165) is 40.8 Å². The number of aromatic amines is 1. The molecule has 1 N–H and O–H groups in total. The van der Waals surface area contributed by atoms with E-state index < -0.39 is 30.2 Å². The molecule has 7 rings (SSSR count). The third kappa shape index (κ3) is 5.72. The predicted octanol–water partition coefficient (Wildman–Crippen LogP) is 9.67. The Labute approximate surface area is 270 Å². The zero-order chi connectivity index (χ0) is 32.5. The molecule has 46 heavy (non-hydrogen) atoms. The first-order valence-corrected chi connectivity index (χ1v) is 15.9. The van der Waals surface area contributed by atoms with E-state index in [-0.39, 0.29) is 33.3 Å². The standard InChI is InChI=1S/C33H29ClF4N4O3S/c1-32(2,3)45-31(43)41-10-4-5-24(41)29-39-16-22(40-29)17-6-8-23-18(11-17)12-25-28-21(35)13-19(34)14-26(28)44-30(42(23)25)27-9-7-20(46-27)15-33(36,37)38/h6-9,11-14,16,24,30H,4-5,10,15H2,1-3H3,(H,39,40). The van der Waals surface area contributed by atoms with Gasteiger partial charge in [0.1, 0.15) is 23.0 Å². The van der Waals surface area contributed by atoms with Gasteiger partial charge in [0.15, 0.2) is 0 Å². The van der Waals surface area contributed by atoms with Gasteiger partial charge in [0, 0.05) is 27.4 Å². The maximum atomic E-state index is 15.4. The van der Waals surface area contributed by atoms with Crippen molar-refractivity contribution in [3.05, 3.63) is 81.1 Å². The number of carbonyl (C=O) groups is 1. The monoisotopic (exact) mass is 672 g/mol. The number of ether oxygens (including phenoxy) is 2. The number of benzene rings is 2. The number of likely N-dealkylation sites (tertiary alicyclic amines) is 1. The van der Waals surface area contributed by atoms with E-state index in [1.807, 2.05) is 45.0 Å². The quantitative estimate of drug-likeness (QED) is 0.193. The molecule has 1 fully saturated rings. The molecule has 0 saturated carbocycles.